The molecule has 4 N–H and O–H groups in total. The fraction of sp³-hybridized carbons (Fsp3) is 0. The van der Waals surface area contributed by atoms with Gasteiger partial charge in [0.25, 0.3) is 0 Å². The summed E-state index contributed by atoms with van der Waals surface area (Å²) in [4.78, 5) is 20.5. The predicted octanol–water partition coefficient (Wildman–Crippen LogP) is 1.53. The first kappa shape index (κ1) is 19.6. The SMILES string of the molecule is O=C(O)c1ccccc1O.O=C(O)c1ccccc1O.[KH]. The van der Waals surface area contributed by atoms with Gasteiger partial charge in [-0.15, -0.1) is 0 Å². The van der Waals surface area contributed by atoms with Crippen LogP contribution >= 0.6 is 0 Å². The van der Waals surface area contributed by atoms with Crippen LogP contribution in [0.3, 0.4) is 0 Å². The summed E-state index contributed by atoms with van der Waals surface area (Å²) < 4.78 is 0. The Labute approximate surface area is 163 Å². The van der Waals surface area contributed by atoms with Gasteiger partial charge in [0.05, 0.1) is 0 Å². The molecule has 0 saturated heterocycles. The molecule has 0 heterocycles. The Morgan fingerprint density at radius 1 is 0.667 bits per heavy atom. The number of benzene rings is 2. The number of aromatic carboxylic acids is 2. The summed E-state index contributed by atoms with van der Waals surface area (Å²) in [5, 5.41) is 34.6. The number of rotatable bonds is 2. The van der Waals surface area contributed by atoms with E-state index in [1.807, 2.05) is 0 Å². The molecule has 2 rings (SSSR count). The van der Waals surface area contributed by atoms with E-state index < -0.39 is 11.9 Å². The molecule has 0 radical (unpaired) electrons. The molecule has 7 heteroatoms. The van der Waals surface area contributed by atoms with Gasteiger partial charge in [0.2, 0.25) is 0 Å². The molecule has 2 aromatic rings. The fourth-order valence-corrected chi connectivity index (χ4v) is 1.31. The van der Waals surface area contributed by atoms with Crippen molar-refractivity contribution in [1.29, 1.82) is 0 Å². The molecule has 21 heavy (non-hydrogen) atoms. The number of hydrogen-bond donors (Lipinski definition) is 4. The number of carboxylic acid groups (broad SMARTS) is 2. The molecule has 0 fully saturated rings. The van der Waals surface area contributed by atoms with E-state index in [1.165, 1.54) is 24.3 Å². The maximum atomic E-state index is 10.3. The van der Waals surface area contributed by atoms with Gasteiger partial charge in [-0.3, -0.25) is 0 Å². The number of para-hydroxylation sites is 2. The molecule has 106 valence electrons. The first-order valence-electron chi connectivity index (χ1n) is 5.46. The van der Waals surface area contributed by atoms with Crippen LogP contribution in [0.5, 0.6) is 11.5 Å². The third-order valence-corrected chi connectivity index (χ3v) is 2.27. The summed E-state index contributed by atoms with van der Waals surface area (Å²) in [6.45, 7) is 0. The molecule has 0 aliphatic carbocycles. The van der Waals surface area contributed by atoms with E-state index in [2.05, 4.69) is 0 Å². The van der Waals surface area contributed by atoms with Crippen molar-refractivity contribution in [2.24, 2.45) is 0 Å². The first-order chi connectivity index (χ1) is 9.43. The summed E-state index contributed by atoms with van der Waals surface area (Å²) in [5.41, 5.74) is -0.134. The number of carbonyl (C=O) groups is 2. The standard InChI is InChI=1S/2C7H6O3.K.H/c2*8-6-4-2-1-3-5(6)7(9)10;;/h2*1-4,8H,(H,9,10);;. The van der Waals surface area contributed by atoms with Gasteiger partial charge in [-0.1, -0.05) is 24.3 Å². The van der Waals surface area contributed by atoms with Gasteiger partial charge in [0.1, 0.15) is 22.6 Å². The van der Waals surface area contributed by atoms with Crippen LogP contribution in [0.25, 0.3) is 0 Å². The molecule has 2 aromatic carbocycles. The minimum atomic E-state index is -1.11. The zero-order chi connectivity index (χ0) is 15.1. The van der Waals surface area contributed by atoms with E-state index in [-0.39, 0.29) is 74.0 Å². The second kappa shape index (κ2) is 9.53. The Kier molecular flexibility index (Phi) is 8.91. The third-order valence-electron chi connectivity index (χ3n) is 2.27. The summed E-state index contributed by atoms with van der Waals surface area (Å²) >= 11 is 0. The van der Waals surface area contributed by atoms with E-state index >= 15 is 0 Å². The van der Waals surface area contributed by atoms with Crippen molar-refractivity contribution in [1.82, 2.24) is 0 Å². The Balaban J connectivity index is 0.000000364. The van der Waals surface area contributed by atoms with Gasteiger partial charge < -0.3 is 20.4 Å². The van der Waals surface area contributed by atoms with Gasteiger partial charge in [-0.25, -0.2) is 9.59 Å². The van der Waals surface area contributed by atoms with E-state index in [0.717, 1.165) is 0 Å². The van der Waals surface area contributed by atoms with Crippen molar-refractivity contribution in [3.05, 3.63) is 59.7 Å². The normalized spacial score (nSPS) is 8.76. The molecular formula is C14H13KO6. The Morgan fingerprint density at radius 3 is 1.14 bits per heavy atom. The molecule has 0 aliphatic rings. The van der Waals surface area contributed by atoms with Crippen molar-refractivity contribution < 1.29 is 30.0 Å². The van der Waals surface area contributed by atoms with Crippen molar-refractivity contribution >= 4 is 63.3 Å². The van der Waals surface area contributed by atoms with E-state index in [4.69, 9.17) is 20.4 Å². The van der Waals surface area contributed by atoms with Gasteiger partial charge in [0.15, 0.2) is 0 Å². The molecular weight excluding hydrogens is 303 g/mol. The Morgan fingerprint density at radius 2 is 0.952 bits per heavy atom. The average Bonchev–Trinajstić information content (AvgIpc) is 2.40. The zero-order valence-electron chi connectivity index (χ0n) is 10.2. The van der Waals surface area contributed by atoms with Crippen LogP contribution in [0.15, 0.2) is 48.5 Å². The van der Waals surface area contributed by atoms with Gasteiger partial charge >= 0.3 is 63.3 Å². The molecule has 0 spiro atoms. The molecule has 0 bridgehead atoms. The quantitative estimate of drug-likeness (QED) is 0.625. The Bertz CT molecular complexity index is 571. The van der Waals surface area contributed by atoms with Crippen LogP contribution in [0, 0.1) is 0 Å². The van der Waals surface area contributed by atoms with E-state index in [9.17, 15) is 9.59 Å². The van der Waals surface area contributed by atoms with Gasteiger partial charge in [-0.2, -0.15) is 0 Å². The van der Waals surface area contributed by atoms with Crippen molar-refractivity contribution in [3.8, 4) is 11.5 Å². The second-order valence-corrected chi connectivity index (χ2v) is 3.64. The van der Waals surface area contributed by atoms with E-state index in [1.54, 1.807) is 24.3 Å². The fourth-order valence-electron chi connectivity index (χ4n) is 1.31. The van der Waals surface area contributed by atoms with E-state index in [0.29, 0.717) is 0 Å². The summed E-state index contributed by atoms with van der Waals surface area (Å²) in [6, 6.07) is 11.6. The van der Waals surface area contributed by atoms with Crippen molar-refractivity contribution in [2.75, 3.05) is 0 Å². The minimum absolute atomic E-state index is 0. The van der Waals surface area contributed by atoms with Crippen LogP contribution in [0.2, 0.25) is 0 Å². The molecule has 0 aliphatic heterocycles. The Hall–Kier alpha value is -1.38. The van der Waals surface area contributed by atoms with Crippen molar-refractivity contribution in [2.45, 2.75) is 0 Å². The summed E-state index contributed by atoms with van der Waals surface area (Å²) in [7, 11) is 0. The molecule has 0 aromatic heterocycles. The maximum absolute atomic E-state index is 10.3. The third kappa shape index (κ3) is 6.28. The summed E-state index contributed by atoms with van der Waals surface area (Å²) in [6.07, 6.45) is 0. The van der Waals surface area contributed by atoms with Gasteiger partial charge in [-0.05, 0) is 24.3 Å². The molecule has 0 atom stereocenters. The first-order valence-corrected chi connectivity index (χ1v) is 5.46. The van der Waals surface area contributed by atoms with Crippen LogP contribution in [0.4, 0.5) is 0 Å². The van der Waals surface area contributed by atoms with Crippen LogP contribution in [-0.4, -0.2) is 83.7 Å². The predicted molar refractivity (Wildman–Crippen MR) is 77.3 cm³/mol. The summed E-state index contributed by atoms with van der Waals surface area (Å²) in [5.74, 6) is -2.62. The monoisotopic (exact) mass is 316 g/mol. The van der Waals surface area contributed by atoms with Crippen LogP contribution in [0.1, 0.15) is 20.7 Å². The van der Waals surface area contributed by atoms with Crippen molar-refractivity contribution in [3.63, 3.8) is 0 Å². The molecule has 0 saturated carbocycles. The number of carboxylic acids is 2. The molecule has 0 unspecified atom stereocenters. The molecule has 6 nitrogen and oxygen atoms in total. The van der Waals surface area contributed by atoms with Crippen LogP contribution < -0.4 is 0 Å². The topological polar surface area (TPSA) is 115 Å². The second-order valence-electron chi connectivity index (χ2n) is 3.64. The number of hydrogen-bond acceptors (Lipinski definition) is 4. The number of phenols is 2. The average molecular weight is 316 g/mol. The zero-order valence-corrected chi connectivity index (χ0v) is 10.2. The van der Waals surface area contributed by atoms with Gasteiger partial charge in [0, 0.05) is 0 Å². The number of aromatic hydroxyl groups is 2. The molecule has 0 amide bonds. The van der Waals surface area contributed by atoms with Crippen LogP contribution in [-0.2, 0) is 0 Å².